The summed E-state index contributed by atoms with van der Waals surface area (Å²) >= 11 is 6.77. The van der Waals surface area contributed by atoms with Crippen molar-refractivity contribution in [2.75, 3.05) is 26.7 Å². The third-order valence-electron chi connectivity index (χ3n) is 8.60. The first kappa shape index (κ1) is 29.3. The zero-order chi connectivity index (χ0) is 28.0. The van der Waals surface area contributed by atoms with Gasteiger partial charge < -0.3 is 25.7 Å². The lowest BCUT2D eigenvalue weighted by Crippen LogP contribution is -2.50. The van der Waals surface area contributed by atoms with Gasteiger partial charge in [0, 0.05) is 61.0 Å². The second-order valence-corrected chi connectivity index (χ2v) is 11.4. The third kappa shape index (κ3) is 6.73. The molecule has 4 atom stereocenters. The van der Waals surface area contributed by atoms with Gasteiger partial charge in [-0.3, -0.25) is 9.78 Å². The highest BCUT2D eigenvalue weighted by Gasteiger charge is 2.44. The molecule has 2 amide bonds. The zero-order valence-corrected chi connectivity index (χ0v) is 23.7. The zero-order valence-electron chi connectivity index (χ0n) is 23.0. The molecule has 1 aliphatic heterocycles. The van der Waals surface area contributed by atoms with Crippen molar-refractivity contribution in [2.45, 2.75) is 69.9 Å². The maximum Gasteiger partial charge on any atom is 0.404 e. The number of carbonyl (C=O) groups is 2. The molecular weight excluding hydrogens is 516 g/mol. The molecule has 212 valence electrons. The standard InChI is InChI=1S/C30H41ClN4O4/c1-3-20-7-4-8-21(15-20)27-25(17-33-18-26(27)31)30(39,12-6-13-34-29(37)38)23-9-5-14-35(19-23)28(36)22-10-11-24(16-22)32-2/h4,7-8,15,17-18,22-24,32,34,39H,3,5-6,9-14,16,19H2,1-2H3,(H,37,38). The van der Waals surface area contributed by atoms with E-state index in [0.717, 1.165) is 55.2 Å². The molecule has 2 heterocycles. The van der Waals surface area contributed by atoms with Crippen LogP contribution < -0.4 is 10.6 Å². The first-order valence-corrected chi connectivity index (χ1v) is 14.5. The van der Waals surface area contributed by atoms with Gasteiger partial charge in [0.2, 0.25) is 5.91 Å². The van der Waals surface area contributed by atoms with Gasteiger partial charge in [-0.15, -0.1) is 0 Å². The Bertz CT molecular complexity index is 1160. The van der Waals surface area contributed by atoms with Crippen LogP contribution in [0.3, 0.4) is 0 Å². The monoisotopic (exact) mass is 556 g/mol. The van der Waals surface area contributed by atoms with E-state index in [2.05, 4.69) is 34.7 Å². The van der Waals surface area contributed by atoms with Crippen LogP contribution in [-0.4, -0.2) is 64.8 Å². The summed E-state index contributed by atoms with van der Waals surface area (Å²) in [4.78, 5) is 30.9. The summed E-state index contributed by atoms with van der Waals surface area (Å²) in [5.74, 6) is -0.0587. The number of nitrogens with zero attached hydrogens (tertiary/aromatic N) is 2. The van der Waals surface area contributed by atoms with Crippen LogP contribution in [0.1, 0.15) is 63.0 Å². The normalized spacial score (nSPS) is 22.9. The average molecular weight is 557 g/mol. The Morgan fingerprint density at radius 2 is 2.05 bits per heavy atom. The third-order valence-corrected chi connectivity index (χ3v) is 8.89. The van der Waals surface area contributed by atoms with Gasteiger partial charge in [0.15, 0.2) is 0 Å². The smallest absolute Gasteiger partial charge is 0.404 e. The number of aryl methyl sites for hydroxylation is 1. The molecule has 4 unspecified atom stereocenters. The van der Waals surface area contributed by atoms with E-state index in [0.29, 0.717) is 42.6 Å². The van der Waals surface area contributed by atoms with E-state index in [-0.39, 0.29) is 24.3 Å². The highest BCUT2D eigenvalue weighted by atomic mass is 35.5. The molecule has 0 bridgehead atoms. The summed E-state index contributed by atoms with van der Waals surface area (Å²) in [5, 5.41) is 27.8. The molecule has 2 aromatic rings. The Labute approximate surface area is 236 Å². The molecular formula is C30H41ClN4O4. The summed E-state index contributed by atoms with van der Waals surface area (Å²) < 4.78 is 0. The van der Waals surface area contributed by atoms with E-state index >= 15 is 0 Å². The van der Waals surface area contributed by atoms with Crippen LogP contribution in [0.2, 0.25) is 5.02 Å². The van der Waals surface area contributed by atoms with Gasteiger partial charge in [-0.05, 0) is 69.5 Å². The summed E-state index contributed by atoms with van der Waals surface area (Å²) in [6.45, 7) is 3.45. The molecule has 4 rings (SSSR count). The van der Waals surface area contributed by atoms with Crippen LogP contribution in [-0.2, 0) is 16.8 Å². The van der Waals surface area contributed by atoms with Gasteiger partial charge in [0.25, 0.3) is 0 Å². The Morgan fingerprint density at radius 3 is 2.77 bits per heavy atom. The van der Waals surface area contributed by atoms with Crippen molar-refractivity contribution < 1.29 is 19.8 Å². The lowest BCUT2D eigenvalue weighted by atomic mass is 9.72. The number of carboxylic acid groups (broad SMARTS) is 1. The van der Waals surface area contributed by atoms with Gasteiger partial charge in [0.1, 0.15) is 0 Å². The van der Waals surface area contributed by atoms with Crippen LogP contribution in [0, 0.1) is 11.8 Å². The van der Waals surface area contributed by atoms with Crippen molar-refractivity contribution in [3.8, 4) is 11.1 Å². The van der Waals surface area contributed by atoms with Crippen molar-refractivity contribution >= 4 is 23.6 Å². The van der Waals surface area contributed by atoms with E-state index in [1.54, 1.807) is 12.4 Å². The Morgan fingerprint density at radius 1 is 1.23 bits per heavy atom. The SMILES string of the molecule is CCc1cccc(-c2c(Cl)cncc2C(O)(CCCNC(=O)O)C2CCCN(C(=O)C3CCC(NC)C3)C2)c1. The molecule has 39 heavy (non-hydrogen) atoms. The lowest BCUT2D eigenvalue weighted by Gasteiger charge is -2.44. The number of hydrogen-bond acceptors (Lipinski definition) is 5. The molecule has 1 saturated carbocycles. The predicted octanol–water partition coefficient (Wildman–Crippen LogP) is 4.83. The highest BCUT2D eigenvalue weighted by Crippen LogP contribution is 2.45. The molecule has 0 spiro atoms. The van der Waals surface area contributed by atoms with Crippen molar-refractivity contribution in [3.05, 3.63) is 52.8 Å². The largest absolute Gasteiger partial charge is 0.465 e. The minimum Gasteiger partial charge on any atom is -0.465 e. The fourth-order valence-corrected chi connectivity index (χ4v) is 6.68. The van der Waals surface area contributed by atoms with Crippen LogP contribution in [0.4, 0.5) is 4.79 Å². The quantitative estimate of drug-likeness (QED) is 0.312. The van der Waals surface area contributed by atoms with Gasteiger partial charge >= 0.3 is 6.09 Å². The highest BCUT2D eigenvalue weighted by molar-refractivity contribution is 6.33. The van der Waals surface area contributed by atoms with Gasteiger partial charge in [-0.25, -0.2) is 4.79 Å². The second kappa shape index (κ2) is 13.1. The molecule has 9 heteroatoms. The summed E-state index contributed by atoms with van der Waals surface area (Å²) in [5.41, 5.74) is 2.09. The van der Waals surface area contributed by atoms with Crippen molar-refractivity contribution in [1.29, 1.82) is 0 Å². The molecule has 0 radical (unpaired) electrons. The van der Waals surface area contributed by atoms with E-state index in [1.165, 1.54) is 0 Å². The Balaban J connectivity index is 1.68. The van der Waals surface area contributed by atoms with Crippen LogP contribution in [0.25, 0.3) is 11.1 Å². The number of aliphatic hydroxyl groups is 1. The molecule has 8 nitrogen and oxygen atoms in total. The minimum absolute atomic E-state index is 0.00856. The van der Waals surface area contributed by atoms with Gasteiger partial charge in [-0.2, -0.15) is 0 Å². The maximum absolute atomic E-state index is 13.5. The van der Waals surface area contributed by atoms with E-state index in [4.69, 9.17) is 16.7 Å². The average Bonchev–Trinajstić information content (AvgIpc) is 3.44. The fourth-order valence-electron chi connectivity index (χ4n) is 6.41. The van der Waals surface area contributed by atoms with E-state index in [1.807, 2.05) is 24.1 Å². The predicted molar refractivity (Wildman–Crippen MR) is 153 cm³/mol. The molecule has 2 fully saturated rings. The second-order valence-electron chi connectivity index (χ2n) is 11.0. The van der Waals surface area contributed by atoms with Crippen LogP contribution in [0.15, 0.2) is 36.7 Å². The number of hydrogen-bond donors (Lipinski definition) is 4. The molecule has 2 aliphatic rings. The van der Waals surface area contributed by atoms with Crippen molar-refractivity contribution in [2.24, 2.45) is 11.8 Å². The summed E-state index contributed by atoms with van der Waals surface area (Å²) in [6.07, 6.45) is 8.08. The lowest BCUT2D eigenvalue weighted by molar-refractivity contribution is -0.140. The van der Waals surface area contributed by atoms with E-state index in [9.17, 15) is 14.7 Å². The number of rotatable bonds is 10. The number of benzene rings is 1. The number of amides is 2. The Hall–Kier alpha value is -2.68. The maximum atomic E-state index is 13.5. The Kier molecular flexibility index (Phi) is 9.86. The summed E-state index contributed by atoms with van der Waals surface area (Å²) in [7, 11) is 1.95. The van der Waals surface area contributed by atoms with Crippen LogP contribution in [0.5, 0.6) is 0 Å². The number of piperidine rings is 1. The number of nitrogens with one attached hydrogen (secondary N) is 2. The minimum atomic E-state index is -1.35. The van der Waals surface area contributed by atoms with Gasteiger partial charge in [0.05, 0.1) is 10.6 Å². The van der Waals surface area contributed by atoms with Crippen molar-refractivity contribution in [1.82, 2.24) is 20.5 Å². The first-order valence-electron chi connectivity index (χ1n) is 14.1. The number of pyridine rings is 1. The number of carbonyl (C=O) groups excluding carboxylic acids is 1. The van der Waals surface area contributed by atoms with Crippen LogP contribution >= 0.6 is 11.6 Å². The molecule has 1 aromatic carbocycles. The fraction of sp³-hybridized carbons (Fsp3) is 0.567. The molecule has 1 aliphatic carbocycles. The van der Waals surface area contributed by atoms with E-state index < -0.39 is 11.7 Å². The number of likely N-dealkylation sites (tertiary alicyclic amines) is 1. The molecule has 4 N–H and O–H groups in total. The van der Waals surface area contributed by atoms with Gasteiger partial charge in [-0.1, -0.05) is 42.8 Å². The first-order chi connectivity index (χ1) is 18.8. The van der Waals surface area contributed by atoms with Crippen molar-refractivity contribution in [3.63, 3.8) is 0 Å². The topological polar surface area (TPSA) is 115 Å². The number of aromatic nitrogens is 1. The number of halogens is 1. The summed E-state index contributed by atoms with van der Waals surface area (Å²) in [6, 6.07) is 8.51. The molecule has 1 aromatic heterocycles. The molecule has 1 saturated heterocycles.